The van der Waals surface area contributed by atoms with Crippen LogP contribution in [0.5, 0.6) is 0 Å². The van der Waals surface area contributed by atoms with Crippen molar-refractivity contribution in [1.29, 1.82) is 0 Å². The number of nitrogens with zero attached hydrogens (tertiary/aromatic N) is 5. The molecule has 0 spiro atoms. The van der Waals surface area contributed by atoms with E-state index in [9.17, 15) is 9.90 Å². The number of hydrogen-bond acceptors (Lipinski definition) is 6. The number of nitrogens with one attached hydrogen (secondary N) is 1. The Morgan fingerprint density at radius 3 is 2.41 bits per heavy atom. The third-order valence-electron chi connectivity index (χ3n) is 5.56. The van der Waals surface area contributed by atoms with Crippen molar-refractivity contribution in [2.24, 2.45) is 0 Å². The molecule has 2 aliphatic heterocycles. The van der Waals surface area contributed by atoms with Gasteiger partial charge < -0.3 is 25.1 Å². The lowest BCUT2D eigenvalue weighted by molar-refractivity contribution is 0.159. The average molecular weight is 396 g/mol. The van der Waals surface area contributed by atoms with E-state index in [1.165, 1.54) is 6.33 Å². The van der Waals surface area contributed by atoms with Gasteiger partial charge in [-0.05, 0) is 18.4 Å². The third kappa shape index (κ3) is 4.76. The van der Waals surface area contributed by atoms with Gasteiger partial charge in [-0.25, -0.2) is 14.8 Å². The topological polar surface area (TPSA) is 84.8 Å². The van der Waals surface area contributed by atoms with Crippen LogP contribution in [0.4, 0.5) is 16.4 Å². The monoisotopic (exact) mass is 396 g/mol. The van der Waals surface area contributed by atoms with Crippen molar-refractivity contribution >= 4 is 17.7 Å². The number of carbonyl (C=O) groups excluding carboxylic acids is 1. The molecule has 1 aromatic heterocycles. The highest BCUT2D eigenvalue weighted by molar-refractivity contribution is 5.75. The fourth-order valence-electron chi connectivity index (χ4n) is 3.85. The molecule has 8 heteroatoms. The van der Waals surface area contributed by atoms with Crippen LogP contribution in [0, 0.1) is 0 Å². The summed E-state index contributed by atoms with van der Waals surface area (Å²) >= 11 is 0. The fourth-order valence-corrected chi connectivity index (χ4v) is 3.85. The predicted octanol–water partition coefficient (Wildman–Crippen LogP) is 1.96. The Labute approximate surface area is 171 Å². The lowest BCUT2D eigenvalue weighted by Gasteiger charge is -2.37. The lowest BCUT2D eigenvalue weighted by atomic mass is 10.1. The molecule has 0 bridgehead atoms. The standard InChI is InChI=1S/C21H28N6O2/c28-18(17-6-2-1-3-7-17)15-22-19-14-20(24-16-23-19)25-10-12-27(13-11-25)21(29)26-8-4-5-9-26/h1-3,6-7,14,16,18,28H,4-5,8-13,15H2,(H,22,23,24). The second kappa shape index (κ2) is 9.09. The molecular formula is C21H28N6O2. The second-order valence-corrected chi connectivity index (χ2v) is 7.52. The molecule has 1 atom stereocenters. The number of benzene rings is 1. The molecule has 1 aromatic carbocycles. The SMILES string of the molecule is O=C(N1CCCC1)N1CCN(c2cc(NCC(O)c3ccccc3)ncn2)CC1. The number of urea groups is 1. The zero-order valence-corrected chi connectivity index (χ0v) is 16.6. The first-order valence-corrected chi connectivity index (χ1v) is 10.3. The Bertz CT molecular complexity index is 804. The second-order valence-electron chi connectivity index (χ2n) is 7.52. The summed E-state index contributed by atoms with van der Waals surface area (Å²) < 4.78 is 0. The normalized spacial score (nSPS) is 18.0. The Kier molecular flexibility index (Phi) is 6.09. The van der Waals surface area contributed by atoms with Crippen molar-refractivity contribution in [3.8, 4) is 0 Å². The molecule has 2 amide bonds. The summed E-state index contributed by atoms with van der Waals surface area (Å²) in [5.41, 5.74) is 0.869. The number of anilines is 2. The summed E-state index contributed by atoms with van der Waals surface area (Å²) in [4.78, 5) is 27.3. The van der Waals surface area contributed by atoms with E-state index in [1.54, 1.807) is 0 Å². The average Bonchev–Trinajstić information content (AvgIpc) is 3.33. The zero-order valence-electron chi connectivity index (χ0n) is 16.6. The van der Waals surface area contributed by atoms with Gasteiger partial charge in [0.05, 0.1) is 6.10 Å². The Morgan fingerprint density at radius 2 is 1.69 bits per heavy atom. The van der Waals surface area contributed by atoms with E-state index in [0.717, 1.165) is 50.4 Å². The highest BCUT2D eigenvalue weighted by Crippen LogP contribution is 2.19. The number of aliphatic hydroxyl groups is 1. The first-order valence-electron chi connectivity index (χ1n) is 10.3. The molecule has 0 radical (unpaired) electrons. The smallest absolute Gasteiger partial charge is 0.320 e. The Hall–Kier alpha value is -2.87. The molecule has 0 aliphatic carbocycles. The summed E-state index contributed by atoms with van der Waals surface area (Å²) in [6.07, 6.45) is 3.16. The van der Waals surface area contributed by atoms with Crippen LogP contribution in [0.3, 0.4) is 0 Å². The summed E-state index contributed by atoms with van der Waals surface area (Å²) in [5.74, 6) is 1.52. The minimum atomic E-state index is -0.602. The number of piperazine rings is 1. The van der Waals surface area contributed by atoms with Crippen LogP contribution in [0.1, 0.15) is 24.5 Å². The molecule has 2 aliphatic rings. The molecule has 2 fully saturated rings. The van der Waals surface area contributed by atoms with Gasteiger partial charge in [0.1, 0.15) is 18.0 Å². The van der Waals surface area contributed by atoms with E-state index in [0.29, 0.717) is 25.5 Å². The number of hydrogen-bond donors (Lipinski definition) is 2. The highest BCUT2D eigenvalue weighted by atomic mass is 16.3. The molecule has 3 heterocycles. The predicted molar refractivity (Wildman–Crippen MR) is 112 cm³/mol. The molecule has 1 unspecified atom stereocenters. The first-order chi connectivity index (χ1) is 14.2. The van der Waals surface area contributed by atoms with Gasteiger partial charge in [-0.2, -0.15) is 0 Å². The number of amides is 2. The van der Waals surface area contributed by atoms with Gasteiger partial charge in [-0.1, -0.05) is 30.3 Å². The maximum atomic E-state index is 12.5. The summed E-state index contributed by atoms with van der Waals surface area (Å²) in [7, 11) is 0. The number of aliphatic hydroxyl groups excluding tert-OH is 1. The summed E-state index contributed by atoms with van der Waals surface area (Å²) in [6.45, 7) is 5.05. The molecule has 2 saturated heterocycles. The summed E-state index contributed by atoms with van der Waals surface area (Å²) in [6, 6.07) is 11.6. The van der Waals surface area contributed by atoms with Crippen LogP contribution in [0.15, 0.2) is 42.7 Å². The van der Waals surface area contributed by atoms with Gasteiger partial charge >= 0.3 is 6.03 Å². The van der Waals surface area contributed by atoms with Gasteiger partial charge in [0.15, 0.2) is 0 Å². The van der Waals surface area contributed by atoms with E-state index < -0.39 is 6.10 Å². The van der Waals surface area contributed by atoms with E-state index in [2.05, 4.69) is 20.2 Å². The minimum absolute atomic E-state index is 0.169. The number of aromatic nitrogens is 2. The molecule has 4 rings (SSSR count). The Balaban J connectivity index is 1.30. The third-order valence-corrected chi connectivity index (χ3v) is 5.56. The number of likely N-dealkylation sites (tertiary alicyclic amines) is 1. The largest absolute Gasteiger partial charge is 0.387 e. The molecule has 8 nitrogen and oxygen atoms in total. The zero-order chi connectivity index (χ0) is 20.1. The Morgan fingerprint density at radius 1 is 1.00 bits per heavy atom. The van der Waals surface area contributed by atoms with Crippen LogP contribution in [-0.2, 0) is 0 Å². The van der Waals surface area contributed by atoms with E-state index in [4.69, 9.17) is 0 Å². The highest BCUT2D eigenvalue weighted by Gasteiger charge is 2.27. The first kappa shape index (κ1) is 19.4. The maximum absolute atomic E-state index is 12.5. The van der Waals surface area contributed by atoms with E-state index in [1.807, 2.05) is 46.2 Å². The van der Waals surface area contributed by atoms with Crippen LogP contribution >= 0.6 is 0 Å². The van der Waals surface area contributed by atoms with Crippen molar-refractivity contribution in [1.82, 2.24) is 19.8 Å². The molecular weight excluding hydrogens is 368 g/mol. The number of carbonyl (C=O) groups is 1. The van der Waals surface area contributed by atoms with Crippen molar-refractivity contribution < 1.29 is 9.90 Å². The molecule has 29 heavy (non-hydrogen) atoms. The van der Waals surface area contributed by atoms with E-state index in [-0.39, 0.29) is 6.03 Å². The van der Waals surface area contributed by atoms with Crippen molar-refractivity contribution in [2.45, 2.75) is 18.9 Å². The van der Waals surface area contributed by atoms with Gasteiger partial charge in [0.25, 0.3) is 0 Å². The molecule has 154 valence electrons. The van der Waals surface area contributed by atoms with Gasteiger partial charge in [-0.3, -0.25) is 0 Å². The maximum Gasteiger partial charge on any atom is 0.320 e. The van der Waals surface area contributed by atoms with Gasteiger partial charge in [-0.15, -0.1) is 0 Å². The van der Waals surface area contributed by atoms with Crippen LogP contribution < -0.4 is 10.2 Å². The fraction of sp³-hybridized carbons (Fsp3) is 0.476. The van der Waals surface area contributed by atoms with Gasteiger partial charge in [0, 0.05) is 51.9 Å². The minimum Gasteiger partial charge on any atom is -0.387 e. The van der Waals surface area contributed by atoms with Crippen molar-refractivity contribution in [3.05, 3.63) is 48.3 Å². The van der Waals surface area contributed by atoms with Crippen LogP contribution in [0.25, 0.3) is 0 Å². The molecule has 2 N–H and O–H groups in total. The summed E-state index contributed by atoms with van der Waals surface area (Å²) in [5, 5.41) is 13.5. The van der Waals surface area contributed by atoms with Crippen LogP contribution in [-0.4, -0.2) is 76.7 Å². The van der Waals surface area contributed by atoms with Crippen molar-refractivity contribution in [3.63, 3.8) is 0 Å². The van der Waals surface area contributed by atoms with Crippen LogP contribution in [0.2, 0.25) is 0 Å². The van der Waals surface area contributed by atoms with Crippen molar-refractivity contribution in [2.75, 3.05) is 56.0 Å². The lowest BCUT2D eigenvalue weighted by Crippen LogP contribution is -2.52. The van der Waals surface area contributed by atoms with Gasteiger partial charge in [0.2, 0.25) is 0 Å². The molecule has 0 saturated carbocycles. The quantitative estimate of drug-likeness (QED) is 0.804. The molecule has 2 aromatic rings. The number of rotatable bonds is 5. The van der Waals surface area contributed by atoms with E-state index >= 15 is 0 Å².